The maximum Gasteiger partial charge on any atom is 0.254 e. The molecule has 2 fully saturated rings. The van der Waals surface area contributed by atoms with Crippen molar-refractivity contribution in [3.8, 4) is 0 Å². The van der Waals surface area contributed by atoms with Gasteiger partial charge >= 0.3 is 0 Å². The first-order valence-electron chi connectivity index (χ1n) is 6.46. The molecule has 0 radical (unpaired) electrons. The maximum atomic E-state index is 12.5. The first kappa shape index (κ1) is 11.7. The Balaban J connectivity index is 1.89. The molecule has 1 heterocycles. The van der Waals surface area contributed by atoms with E-state index < -0.39 is 0 Å². The number of rotatable bonds is 2. The summed E-state index contributed by atoms with van der Waals surface area (Å²) in [6.07, 6.45) is 1.95. The fraction of sp³-hybridized carbons (Fsp3) is 0.500. The van der Waals surface area contributed by atoms with Crippen molar-refractivity contribution in [1.82, 2.24) is 4.90 Å². The third kappa shape index (κ3) is 2.02. The monoisotopic (exact) mass is 246 g/mol. The van der Waals surface area contributed by atoms with Crippen molar-refractivity contribution in [1.29, 1.82) is 0 Å². The lowest BCUT2D eigenvalue weighted by Crippen LogP contribution is -2.41. The SMILES string of the molecule is NC1(c2ccccc2C(=O)N2CCOCC2)CC1. The minimum absolute atomic E-state index is 0.0885. The van der Waals surface area contributed by atoms with Gasteiger partial charge in [0.15, 0.2) is 0 Å². The Morgan fingerprint density at radius 1 is 1.22 bits per heavy atom. The highest BCUT2D eigenvalue weighted by atomic mass is 16.5. The van der Waals surface area contributed by atoms with Gasteiger partial charge in [-0.15, -0.1) is 0 Å². The maximum absolute atomic E-state index is 12.5. The van der Waals surface area contributed by atoms with E-state index in [4.69, 9.17) is 10.5 Å². The summed E-state index contributed by atoms with van der Waals surface area (Å²) < 4.78 is 5.28. The smallest absolute Gasteiger partial charge is 0.254 e. The van der Waals surface area contributed by atoms with E-state index in [1.54, 1.807) is 0 Å². The van der Waals surface area contributed by atoms with Gasteiger partial charge in [0.05, 0.1) is 13.2 Å². The third-order valence-electron chi connectivity index (χ3n) is 3.78. The van der Waals surface area contributed by atoms with Gasteiger partial charge in [-0.3, -0.25) is 4.79 Å². The number of carbonyl (C=O) groups is 1. The van der Waals surface area contributed by atoms with E-state index in [-0.39, 0.29) is 11.4 Å². The van der Waals surface area contributed by atoms with Crippen molar-refractivity contribution in [3.63, 3.8) is 0 Å². The Kier molecular flexibility index (Phi) is 2.84. The molecule has 1 aliphatic carbocycles. The van der Waals surface area contributed by atoms with Crippen LogP contribution in [0.5, 0.6) is 0 Å². The van der Waals surface area contributed by atoms with Crippen LogP contribution in [-0.4, -0.2) is 37.1 Å². The van der Waals surface area contributed by atoms with E-state index >= 15 is 0 Å². The molecule has 3 rings (SSSR count). The zero-order valence-corrected chi connectivity index (χ0v) is 10.4. The topological polar surface area (TPSA) is 55.6 Å². The Bertz CT molecular complexity index is 463. The first-order valence-corrected chi connectivity index (χ1v) is 6.46. The lowest BCUT2D eigenvalue weighted by atomic mass is 9.98. The number of carbonyl (C=O) groups excluding carboxylic acids is 1. The molecule has 0 aromatic heterocycles. The predicted octanol–water partition coefficient (Wildman–Crippen LogP) is 1.11. The van der Waals surface area contributed by atoms with Crippen molar-refractivity contribution in [2.75, 3.05) is 26.3 Å². The molecule has 2 aliphatic rings. The zero-order valence-electron chi connectivity index (χ0n) is 10.4. The van der Waals surface area contributed by atoms with Gasteiger partial charge < -0.3 is 15.4 Å². The Hall–Kier alpha value is -1.39. The van der Waals surface area contributed by atoms with Crippen molar-refractivity contribution in [2.45, 2.75) is 18.4 Å². The summed E-state index contributed by atoms with van der Waals surface area (Å²) in [6, 6.07) is 7.74. The molecule has 96 valence electrons. The fourth-order valence-electron chi connectivity index (χ4n) is 2.44. The average Bonchev–Trinajstić information content (AvgIpc) is 3.18. The molecule has 4 heteroatoms. The van der Waals surface area contributed by atoms with Crippen molar-refractivity contribution < 1.29 is 9.53 Å². The van der Waals surface area contributed by atoms with Gasteiger partial charge in [0.1, 0.15) is 0 Å². The molecule has 0 atom stereocenters. The van der Waals surface area contributed by atoms with Gasteiger partial charge in [0.25, 0.3) is 5.91 Å². The molecule has 0 unspecified atom stereocenters. The highest BCUT2D eigenvalue weighted by Gasteiger charge is 2.42. The second kappa shape index (κ2) is 4.37. The molecule has 1 saturated carbocycles. The minimum Gasteiger partial charge on any atom is -0.378 e. The molecule has 0 bridgehead atoms. The van der Waals surface area contributed by atoms with Crippen LogP contribution in [0.15, 0.2) is 24.3 Å². The van der Waals surface area contributed by atoms with Crippen LogP contribution in [0.1, 0.15) is 28.8 Å². The van der Waals surface area contributed by atoms with E-state index in [1.165, 1.54) is 0 Å². The largest absolute Gasteiger partial charge is 0.378 e. The lowest BCUT2D eigenvalue weighted by molar-refractivity contribution is 0.0301. The highest BCUT2D eigenvalue weighted by molar-refractivity contribution is 5.96. The molecule has 1 aliphatic heterocycles. The number of benzene rings is 1. The van der Waals surface area contributed by atoms with Gasteiger partial charge in [-0.1, -0.05) is 18.2 Å². The van der Waals surface area contributed by atoms with Crippen molar-refractivity contribution in [3.05, 3.63) is 35.4 Å². The number of nitrogens with zero attached hydrogens (tertiary/aromatic N) is 1. The Morgan fingerprint density at radius 3 is 2.56 bits per heavy atom. The standard InChI is InChI=1S/C14H18N2O2/c15-14(5-6-14)12-4-2-1-3-11(12)13(17)16-7-9-18-10-8-16/h1-4H,5-10,15H2. The highest BCUT2D eigenvalue weighted by Crippen LogP contribution is 2.44. The quantitative estimate of drug-likeness (QED) is 0.850. The molecule has 1 amide bonds. The summed E-state index contributed by atoms with van der Waals surface area (Å²) in [4.78, 5) is 14.4. The number of nitrogens with two attached hydrogens (primary N) is 1. The Labute approximate surface area is 107 Å². The van der Waals surface area contributed by atoms with Crippen LogP contribution in [0, 0.1) is 0 Å². The van der Waals surface area contributed by atoms with Gasteiger partial charge in [-0.2, -0.15) is 0 Å². The van der Waals surface area contributed by atoms with Crippen LogP contribution in [0.4, 0.5) is 0 Å². The van der Waals surface area contributed by atoms with Gasteiger partial charge in [0.2, 0.25) is 0 Å². The summed E-state index contributed by atoms with van der Waals surface area (Å²) in [5.74, 6) is 0.0885. The van der Waals surface area contributed by atoms with E-state index in [1.807, 2.05) is 29.2 Å². The van der Waals surface area contributed by atoms with Crippen LogP contribution < -0.4 is 5.73 Å². The summed E-state index contributed by atoms with van der Waals surface area (Å²) in [6.45, 7) is 2.60. The second-order valence-corrected chi connectivity index (χ2v) is 5.11. The number of hydrogen-bond donors (Lipinski definition) is 1. The summed E-state index contributed by atoms with van der Waals surface area (Å²) in [5, 5.41) is 0. The first-order chi connectivity index (χ1) is 8.71. The molecule has 1 aromatic carbocycles. The fourth-order valence-corrected chi connectivity index (χ4v) is 2.44. The molecule has 0 spiro atoms. The van der Waals surface area contributed by atoms with Gasteiger partial charge in [0, 0.05) is 24.2 Å². The minimum atomic E-state index is -0.265. The van der Waals surface area contributed by atoms with E-state index in [0.29, 0.717) is 26.3 Å². The summed E-state index contributed by atoms with van der Waals surface area (Å²) in [7, 11) is 0. The van der Waals surface area contributed by atoms with Crippen LogP contribution in [0.2, 0.25) is 0 Å². The molecule has 1 saturated heterocycles. The molecular weight excluding hydrogens is 228 g/mol. The van der Waals surface area contributed by atoms with E-state index in [2.05, 4.69) is 0 Å². The van der Waals surface area contributed by atoms with E-state index in [0.717, 1.165) is 24.0 Å². The predicted molar refractivity (Wildman–Crippen MR) is 68.3 cm³/mol. The molecule has 1 aromatic rings. The van der Waals surface area contributed by atoms with E-state index in [9.17, 15) is 4.79 Å². The summed E-state index contributed by atoms with van der Waals surface area (Å²) >= 11 is 0. The van der Waals surface area contributed by atoms with Crippen LogP contribution in [0.25, 0.3) is 0 Å². The Morgan fingerprint density at radius 2 is 1.89 bits per heavy atom. The van der Waals surface area contributed by atoms with Crippen molar-refractivity contribution in [2.24, 2.45) is 5.73 Å². The number of amides is 1. The number of morpholine rings is 1. The van der Waals surface area contributed by atoms with Gasteiger partial charge in [-0.25, -0.2) is 0 Å². The van der Waals surface area contributed by atoms with Crippen LogP contribution in [-0.2, 0) is 10.3 Å². The van der Waals surface area contributed by atoms with Gasteiger partial charge in [-0.05, 0) is 24.5 Å². The number of ether oxygens (including phenoxy) is 1. The molecule has 4 nitrogen and oxygen atoms in total. The van der Waals surface area contributed by atoms with Crippen molar-refractivity contribution >= 4 is 5.91 Å². The average molecular weight is 246 g/mol. The number of hydrogen-bond acceptors (Lipinski definition) is 3. The molecular formula is C14H18N2O2. The summed E-state index contributed by atoms with van der Waals surface area (Å²) in [5.41, 5.74) is 7.74. The second-order valence-electron chi connectivity index (χ2n) is 5.11. The van der Waals surface area contributed by atoms with Crippen LogP contribution in [0.3, 0.4) is 0 Å². The lowest BCUT2D eigenvalue weighted by Gasteiger charge is -2.28. The zero-order chi connectivity index (χ0) is 12.6. The third-order valence-corrected chi connectivity index (χ3v) is 3.78. The van der Waals surface area contributed by atoms with Crippen LogP contribution >= 0.6 is 0 Å². The normalized spacial score (nSPS) is 21.7. The molecule has 2 N–H and O–H groups in total. The molecule has 18 heavy (non-hydrogen) atoms.